The average molecular weight is 292 g/mol. The van der Waals surface area contributed by atoms with Gasteiger partial charge in [-0.3, -0.25) is 9.69 Å². The van der Waals surface area contributed by atoms with Crippen LogP contribution in [0.3, 0.4) is 0 Å². The van der Waals surface area contributed by atoms with E-state index in [1.165, 1.54) is 0 Å². The fourth-order valence-electron chi connectivity index (χ4n) is 2.80. The van der Waals surface area contributed by atoms with E-state index in [1.54, 1.807) is 19.1 Å². The van der Waals surface area contributed by atoms with Gasteiger partial charge < -0.3 is 4.90 Å². The maximum Gasteiger partial charge on any atom is 0.219 e. The van der Waals surface area contributed by atoms with Gasteiger partial charge >= 0.3 is 0 Å². The molecule has 1 aromatic rings. The molecule has 1 heterocycles. The minimum Gasteiger partial charge on any atom is -0.342 e. The summed E-state index contributed by atoms with van der Waals surface area (Å²) in [7, 11) is 0. The van der Waals surface area contributed by atoms with Crippen molar-refractivity contribution in [1.29, 1.82) is 0 Å². The first-order chi connectivity index (χ1) is 9.95. The first-order valence-corrected chi connectivity index (χ1v) is 7.73. The predicted octanol–water partition coefficient (Wildman–Crippen LogP) is 3.00. The normalized spacial score (nSPS) is 17.1. The van der Waals surface area contributed by atoms with Crippen LogP contribution >= 0.6 is 0 Å². The highest BCUT2D eigenvalue weighted by atomic mass is 19.1. The molecule has 0 radical (unpaired) electrons. The summed E-state index contributed by atoms with van der Waals surface area (Å²) in [5.41, 5.74) is 2.07. The molecule has 21 heavy (non-hydrogen) atoms. The van der Waals surface area contributed by atoms with Crippen LogP contribution in [0.4, 0.5) is 4.39 Å². The molecular weight excluding hydrogens is 267 g/mol. The Hall–Kier alpha value is -1.42. The van der Waals surface area contributed by atoms with Gasteiger partial charge in [0.25, 0.3) is 0 Å². The van der Waals surface area contributed by atoms with E-state index in [1.807, 2.05) is 4.90 Å². The van der Waals surface area contributed by atoms with Gasteiger partial charge in [-0.25, -0.2) is 4.39 Å². The number of halogens is 1. The Morgan fingerprint density at radius 2 is 1.95 bits per heavy atom. The van der Waals surface area contributed by atoms with Crippen LogP contribution < -0.4 is 0 Å². The molecule has 0 N–H and O–H groups in total. The van der Waals surface area contributed by atoms with E-state index in [-0.39, 0.29) is 11.7 Å². The summed E-state index contributed by atoms with van der Waals surface area (Å²) in [5, 5.41) is 0. The lowest BCUT2D eigenvalue weighted by Gasteiger charge is -2.21. The number of carbonyl (C=O) groups is 1. The Morgan fingerprint density at radius 3 is 2.62 bits per heavy atom. The van der Waals surface area contributed by atoms with E-state index < -0.39 is 0 Å². The monoisotopic (exact) mass is 292 g/mol. The molecule has 0 spiro atoms. The van der Waals surface area contributed by atoms with E-state index in [9.17, 15) is 9.18 Å². The molecule has 1 saturated heterocycles. The van der Waals surface area contributed by atoms with Gasteiger partial charge in [0.05, 0.1) is 0 Å². The minimum atomic E-state index is -0.156. The lowest BCUT2D eigenvalue weighted by atomic mass is 10.0. The third-order valence-corrected chi connectivity index (χ3v) is 4.09. The van der Waals surface area contributed by atoms with Crippen LogP contribution in [0.25, 0.3) is 0 Å². The Bertz CT molecular complexity index is 502. The Labute approximate surface area is 126 Å². The third kappa shape index (κ3) is 4.53. The van der Waals surface area contributed by atoms with Crippen molar-refractivity contribution in [3.63, 3.8) is 0 Å². The van der Waals surface area contributed by atoms with Crippen LogP contribution in [0.2, 0.25) is 0 Å². The lowest BCUT2D eigenvalue weighted by molar-refractivity contribution is -0.128. The van der Waals surface area contributed by atoms with Crippen molar-refractivity contribution >= 4 is 5.91 Å². The van der Waals surface area contributed by atoms with Crippen molar-refractivity contribution in [3.8, 4) is 0 Å². The van der Waals surface area contributed by atoms with Crippen molar-refractivity contribution in [2.24, 2.45) is 0 Å². The summed E-state index contributed by atoms with van der Waals surface area (Å²) in [6.07, 6.45) is 0.978. The molecule has 0 saturated carbocycles. The molecule has 0 aliphatic carbocycles. The molecule has 0 aromatic heterocycles. The fraction of sp³-hybridized carbons (Fsp3) is 0.588. The number of nitrogens with zero attached hydrogens (tertiary/aromatic N) is 2. The standard InChI is InChI=1S/C17H25FN2O/c1-13(2)16-9-15(10-17(18)11-16)12-19-5-4-6-20(8-7-19)14(3)21/h9-11,13H,4-8,12H2,1-3H3. The number of benzene rings is 1. The maximum absolute atomic E-state index is 13.7. The number of amides is 1. The molecule has 1 aliphatic heterocycles. The van der Waals surface area contributed by atoms with E-state index >= 15 is 0 Å². The molecule has 4 heteroatoms. The van der Waals surface area contributed by atoms with Crippen molar-refractivity contribution in [2.45, 2.75) is 39.7 Å². The number of rotatable bonds is 3. The van der Waals surface area contributed by atoms with Crippen molar-refractivity contribution in [1.82, 2.24) is 9.80 Å². The highest BCUT2D eigenvalue weighted by molar-refractivity contribution is 5.73. The number of carbonyl (C=O) groups excluding carboxylic acids is 1. The highest BCUT2D eigenvalue weighted by Gasteiger charge is 2.17. The zero-order chi connectivity index (χ0) is 15.4. The predicted molar refractivity (Wildman–Crippen MR) is 82.6 cm³/mol. The molecule has 1 amide bonds. The van der Waals surface area contributed by atoms with Gasteiger partial charge in [-0.1, -0.05) is 19.9 Å². The van der Waals surface area contributed by atoms with Crippen LogP contribution in [-0.4, -0.2) is 41.9 Å². The highest BCUT2D eigenvalue weighted by Crippen LogP contribution is 2.19. The molecule has 116 valence electrons. The topological polar surface area (TPSA) is 23.6 Å². The van der Waals surface area contributed by atoms with E-state index in [0.29, 0.717) is 5.92 Å². The van der Waals surface area contributed by atoms with E-state index in [2.05, 4.69) is 24.8 Å². The van der Waals surface area contributed by atoms with E-state index in [0.717, 1.165) is 50.3 Å². The zero-order valence-electron chi connectivity index (χ0n) is 13.2. The summed E-state index contributed by atoms with van der Waals surface area (Å²) < 4.78 is 13.7. The SMILES string of the molecule is CC(=O)N1CCCN(Cc2cc(F)cc(C(C)C)c2)CC1. The van der Waals surface area contributed by atoms with Crippen LogP contribution in [0.15, 0.2) is 18.2 Å². The summed E-state index contributed by atoms with van der Waals surface area (Å²) in [6.45, 7) is 9.93. The molecule has 0 unspecified atom stereocenters. The van der Waals surface area contributed by atoms with Gasteiger partial charge in [-0.15, -0.1) is 0 Å². The van der Waals surface area contributed by atoms with Crippen molar-refractivity contribution in [2.75, 3.05) is 26.2 Å². The quantitative estimate of drug-likeness (QED) is 0.855. The fourth-order valence-corrected chi connectivity index (χ4v) is 2.80. The van der Waals surface area contributed by atoms with Gasteiger partial charge in [0.15, 0.2) is 0 Å². The maximum atomic E-state index is 13.7. The smallest absolute Gasteiger partial charge is 0.219 e. The summed E-state index contributed by atoms with van der Waals surface area (Å²) in [4.78, 5) is 15.6. The molecule has 1 aliphatic rings. The van der Waals surface area contributed by atoms with Gasteiger partial charge in [0, 0.05) is 39.6 Å². The molecule has 0 bridgehead atoms. The van der Waals surface area contributed by atoms with Crippen LogP contribution in [0.1, 0.15) is 44.2 Å². The molecule has 3 nitrogen and oxygen atoms in total. The van der Waals surface area contributed by atoms with E-state index in [4.69, 9.17) is 0 Å². The molecular formula is C17H25FN2O. The molecule has 1 aromatic carbocycles. The lowest BCUT2D eigenvalue weighted by Crippen LogP contribution is -2.33. The number of hydrogen-bond donors (Lipinski definition) is 0. The average Bonchev–Trinajstić information content (AvgIpc) is 2.63. The second-order valence-corrected chi connectivity index (χ2v) is 6.18. The summed E-state index contributed by atoms with van der Waals surface area (Å²) in [5.74, 6) is 0.317. The zero-order valence-corrected chi connectivity index (χ0v) is 13.2. The summed E-state index contributed by atoms with van der Waals surface area (Å²) >= 11 is 0. The second-order valence-electron chi connectivity index (χ2n) is 6.18. The van der Waals surface area contributed by atoms with Gasteiger partial charge in [0.2, 0.25) is 5.91 Å². The minimum absolute atomic E-state index is 0.143. The van der Waals surface area contributed by atoms with Crippen LogP contribution in [0, 0.1) is 5.82 Å². The summed E-state index contributed by atoms with van der Waals surface area (Å²) in [6, 6.07) is 5.34. The van der Waals surface area contributed by atoms with Gasteiger partial charge in [0.1, 0.15) is 5.82 Å². The Balaban J connectivity index is 2.03. The van der Waals surface area contributed by atoms with Crippen LogP contribution in [0.5, 0.6) is 0 Å². The third-order valence-electron chi connectivity index (χ3n) is 4.09. The first kappa shape index (κ1) is 16.0. The van der Waals surface area contributed by atoms with Crippen LogP contribution in [-0.2, 0) is 11.3 Å². The van der Waals surface area contributed by atoms with Crippen molar-refractivity contribution in [3.05, 3.63) is 35.1 Å². The molecule has 0 atom stereocenters. The first-order valence-electron chi connectivity index (χ1n) is 7.73. The van der Waals surface area contributed by atoms with Gasteiger partial charge in [-0.05, 0) is 35.6 Å². The Kier molecular flexibility index (Phi) is 5.34. The largest absolute Gasteiger partial charge is 0.342 e. The van der Waals surface area contributed by atoms with Crippen molar-refractivity contribution < 1.29 is 9.18 Å². The Morgan fingerprint density at radius 1 is 1.19 bits per heavy atom. The molecule has 2 rings (SSSR count). The molecule has 1 fully saturated rings. The number of hydrogen-bond acceptors (Lipinski definition) is 2. The second kappa shape index (κ2) is 7.03. The van der Waals surface area contributed by atoms with Gasteiger partial charge in [-0.2, -0.15) is 0 Å².